The minimum atomic E-state index is 0.537. The maximum atomic E-state index is 5.64. The molecule has 1 saturated carbocycles. The predicted molar refractivity (Wildman–Crippen MR) is 69.2 cm³/mol. The second-order valence-corrected chi connectivity index (χ2v) is 6.08. The van der Waals surface area contributed by atoms with Crippen molar-refractivity contribution in [3.8, 4) is 5.75 Å². The van der Waals surface area contributed by atoms with Gasteiger partial charge in [-0.25, -0.2) is 0 Å². The molecule has 0 bridgehead atoms. The SMILES string of the molecule is CC1CC1C(Br)c1ccc2c(c1)CCCO2. The molecule has 0 N–H and O–H groups in total. The first kappa shape index (κ1) is 10.6. The van der Waals surface area contributed by atoms with Crippen molar-refractivity contribution in [2.75, 3.05) is 6.61 Å². The van der Waals surface area contributed by atoms with Crippen molar-refractivity contribution in [1.82, 2.24) is 0 Å². The Morgan fingerprint density at radius 3 is 3.00 bits per heavy atom. The van der Waals surface area contributed by atoms with Gasteiger partial charge in [-0.3, -0.25) is 0 Å². The summed E-state index contributed by atoms with van der Waals surface area (Å²) in [6.07, 6.45) is 3.69. The van der Waals surface area contributed by atoms with E-state index in [0.29, 0.717) is 4.83 Å². The van der Waals surface area contributed by atoms with E-state index in [1.165, 1.54) is 24.0 Å². The Labute approximate surface area is 105 Å². The van der Waals surface area contributed by atoms with Crippen LogP contribution in [0.5, 0.6) is 5.75 Å². The molecule has 1 aromatic rings. The third kappa shape index (κ3) is 1.88. The Morgan fingerprint density at radius 2 is 2.25 bits per heavy atom. The van der Waals surface area contributed by atoms with Gasteiger partial charge < -0.3 is 4.74 Å². The van der Waals surface area contributed by atoms with Crippen LogP contribution in [-0.2, 0) is 6.42 Å². The van der Waals surface area contributed by atoms with Crippen molar-refractivity contribution in [1.29, 1.82) is 0 Å². The maximum Gasteiger partial charge on any atom is 0.122 e. The monoisotopic (exact) mass is 280 g/mol. The van der Waals surface area contributed by atoms with Crippen LogP contribution in [0.15, 0.2) is 18.2 Å². The van der Waals surface area contributed by atoms with Crippen LogP contribution in [0.2, 0.25) is 0 Å². The Bertz CT molecular complexity index is 402. The lowest BCUT2D eigenvalue weighted by atomic mass is 10.00. The van der Waals surface area contributed by atoms with Gasteiger partial charge in [0.15, 0.2) is 0 Å². The lowest BCUT2D eigenvalue weighted by Crippen LogP contribution is -2.09. The molecule has 0 amide bonds. The molecule has 3 unspecified atom stereocenters. The van der Waals surface area contributed by atoms with Gasteiger partial charge in [0.2, 0.25) is 0 Å². The number of benzene rings is 1. The van der Waals surface area contributed by atoms with Crippen LogP contribution in [0.3, 0.4) is 0 Å². The quantitative estimate of drug-likeness (QED) is 0.741. The minimum Gasteiger partial charge on any atom is -0.493 e. The van der Waals surface area contributed by atoms with E-state index in [1.54, 1.807) is 0 Å². The molecular formula is C14H17BrO. The van der Waals surface area contributed by atoms with Crippen molar-refractivity contribution in [2.24, 2.45) is 11.8 Å². The van der Waals surface area contributed by atoms with Gasteiger partial charge >= 0.3 is 0 Å². The van der Waals surface area contributed by atoms with E-state index in [9.17, 15) is 0 Å². The van der Waals surface area contributed by atoms with Crippen LogP contribution < -0.4 is 4.74 Å². The first-order chi connectivity index (χ1) is 7.75. The number of aryl methyl sites for hydroxylation is 1. The van der Waals surface area contributed by atoms with Gasteiger partial charge in [0.05, 0.1) is 6.61 Å². The summed E-state index contributed by atoms with van der Waals surface area (Å²) in [7, 11) is 0. The van der Waals surface area contributed by atoms with Crippen LogP contribution in [-0.4, -0.2) is 6.61 Å². The highest BCUT2D eigenvalue weighted by atomic mass is 79.9. The molecule has 1 aliphatic carbocycles. The molecule has 1 aromatic carbocycles. The fraction of sp³-hybridized carbons (Fsp3) is 0.571. The van der Waals surface area contributed by atoms with Gasteiger partial charge in [0, 0.05) is 4.83 Å². The molecular weight excluding hydrogens is 264 g/mol. The van der Waals surface area contributed by atoms with E-state index in [4.69, 9.17) is 4.74 Å². The van der Waals surface area contributed by atoms with Crippen LogP contribution in [0.1, 0.15) is 35.7 Å². The lowest BCUT2D eigenvalue weighted by Gasteiger charge is -2.19. The van der Waals surface area contributed by atoms with Gasteiger partial charge in [-0.1, -0.05) is 35.0 Å². The highest BCUT2D eigenvalue weighted by Crippen LogP contribution is 2.51. The summed E-state index contributed by atoms with van der Waals surface area (Å²) < 4.78 is 5.64. The summed E-state index contributed by atoms with van der Waals surface area (Å²) in [5.74, 6) is 2.82. The van der Waals surface area contributed by atoms with Crippen molar-refractivity contribution in [2.45, 2.75) is 31.0 Å². The Morgan fingerprint density at radius 1 is 1.44 bits per heavy atom. The molecule has 16 heavy (non-hydrogen) atoms. The molecule has 0 spiro atoms. The summed E-state index contributed by atoms with van der Waals surface area (Å²) in [6.45, 7) is 3.21. The summed E-state index contributed by atoms with van der Waals surface area (Å²) in [6, 6.07) is 6.69. The van der Waals surface area contributed by atoms with Gasteiger partial charge in [-0.2, -0.15) is 0 Å². The van der Waals surface area contributed by atoms with E-state index in [0.717, 1.165) is 30.6 Å². The molecule has 86 valence electrons. The highest BCUT2D eigenvalue weighted by molar-refractivity contribution is 9.09. The fourth-order valence-electron chi connectivity index (χ4n) is 2.56. The summed E-state index contributed by atoms with van der Waals surface area (Å²) in [5.41, 5.74) is 2.82. The average molecular weight is 281 g/mol. The Kier molecular flexibility index (Phi) is 2.70. The third-order valence-corrected chi connectivity index (χ3v) is 5.01. The molecule has 1 nitrogen and oxygen atoms in total. The van der Waals surface area contributed by atoms with Gasteiger partial charge in [0.1, 0.15) is 5.75 Å². The van der Waals surface area contributed by atoms with E-state index in [1.807, 2.05) is 0 Å². The number of rotatable bonds is 2. The number of hydrogen-bond acceptors (Lipinski definition) is 1. The number of fused-ring (bicyclic) bond motifs is 1. The summed E-state index contributed by atoms with van der Waals surface area (Å²) in [5, 5.41) is 0. The number of hydrogen-bond donors (Lipinski definition) is 0. The van der Waals surface area contributed by atoms with E-state index in [2.05, 4.69) is 41.1 Å². The first-order valence-electron chi connectivity index (χ1n) is 6.15. The smallest absolute Gasteiger partial charge is 0.122 e. The highest BCUT2D eigenvalue weighted by Gasteiger charge is 2.39. The van der Waals surface area contributed by atoms with E-state index in [-0.39, 0.29) is 0 Å². The van der Waals surface area contributed by atoms with Crippen molar-refractivity contribution in [3.63, 3.8) is 0 Å². The number of halogens is 1. The standard InChI is InChI=1S/C14H17BrO/c1-9-7-12(9)14(15)11-4-5-13-10(8-11)3-2-6-16-13/h4-5,8-9,12,14H,2-3,6-7H2,1H3. The zero-order valence-electron chi connectivity index (χ0n) is 9.58. The fourth-order valence-corrected chi connectivity index (χ4v) is 3.58. The average Bonchev–Trinajstić information content (AvgIpc) is 3.05. The van der Waals surface area contributed by atoms with E-state index < -0.39 is 0 Å². The largest absolute Gasteiger partial charge is 0.493 e. The number of ether oxygens (including phenoxy) is 1. The normalized spacial score (nSPS) is 29.1. The molecule has 0 aromatic heterocycles. The van der Waals surface area contributed by atoms with Crippen molar-refractivity contribution in [3.05, 3.63) is 29.3 Å². The third-order valence-electron chi connectivity index (χ3n) is 3.80. The van der Waals surface area contributed by atoms with Crippen LogP contribution in [0, 0.1) is 11.8 Å². The van der Waals surface area contributed by atoms with Gasteiger partial charge in [0.25, 0.3) is 0 Å². The molecule has 0 saturated heterocycles. The molecule has 2 aliphatic rings. The molecule has 3 rings (SSSR count). The first-order valence-corrected chi connectivity index (χ1v) is 7.07. The lowest BCUT2D eigenvalue weighted by molar-refractivity contribution is 0.288. The Balaban J connectivity index is 1.85. The zero-order valence-corrected chi connectivity index (χ0v) is 11.2. The molecule has 2 heteroatoms. The van der Waals surface area contributed by atoms with Crippen LogP contribution in [0.4, 0.5) is 0 Å². The van der Waals surface area contributed by atoms with Gasteiger partial charge in [-0.15, -0.1) is 0 Å². The minimum absolute atomic E-state index is 0.537. The predicted octanol–water partition coefficient (Wildman–Crippen LogP) is 4.10. The zero-order chi connectivity index (χ0) is 11.1. The van der Waals surface area contributed by atoms with Crippen molar-refractivity contribution < 1.29 is 4.74 Å². The molecule has 3 atom stereocenters. The van der Waals surface area contributed by atoms with Gasteiger partial charge in [-0.05, 0) is 48.3 Å². The molecule has 0 radical (unpaired) electrons. The van der Waals surface area contributed by atoms with Crippen molar-refractivity contribution >= 4 is 15.9 Å². The molecule has 1 aliphatic heterocycles. The van der Waals surface area contributed by atoms with E-state index >= 15 is 0 Å². The Hall–Kier alpha value is -0.500. The second-order valence-electron chi connectivity index (χ2n) is 5.10. The topological polar surface area (TPSA) is 9.23 Å². The van der Waals surface area contributed by atoms with Crippen LogP contribution >= 0.6 is 15.9 Å². The molecule has 1 fully saturated rings. The number of alkyl halides is 1. The molecule has 1 heterocycles. The summed E-state index contributed by atoms with van der Waals surface area (Å²) in [4.78, 5) is 0.537. The van der Waals surface area contributed by atoms with Crippen LogP contribution in [0.25, 0.3) is 0 Å². The second kappa shape index (κ2) is 4.06. The summed E-state index contributed by atoms with van der Waals surface area (Å²) >= 11 is 3.84. The maximum absolute atomic E-state index is 5.64.